The fourth-order valence-electron chi connectivity index (χ4n) is 0.755. The lowest BCUT2D eigenvalue weighted by Gasteiger charge is -1.94. The minimum absolute atomic E-state index is 0.0833. The van der Waals surface area contributed by atoms with Crippen LogP contribution in [-0.4, -0.2) is 32.7 Å². The summed E-state index contributed by atoms with van der Waals surface area (Å²) < 4.78 is 0. The highest BCUT2D eigenvalue weighted by atomic mass is 17.0. The van der Waals surface area contributed by atoms with Gasteiger partial charge in [0.1, 0.15) is 0 Å². The molecule has 0 unspecified atom stereocenters. The maximum atomic E-state index is 10.3. The molecule has 0 aromatic heterocycles. The van der Waals surface area contributed by atoms with Crippen LogP contribution in [0, 0.1) is 0 Å². The highest BCUT2D eigenvalue weighted by Gasteiger charge is 2.04. The number of hydrogen-bond acceptors (Lipinski definition) is 4. The van der Waals surface area contributed by atoms with Crippen LogP contribution in [0.4, 0.5) is 0 Å². The lowest BCUT2D eigenvalue weighted by Crippen LogP contribution is -1.99. The van der Waals surface area contributed by atoms with Gasteiger partial charge in [-0.05, 0) is 24.3 Å². The lowest BCUT2D eigenvalue weighted by molar-refractivity contribution is -0.176. The molecule has 76 valence electrons. The summed E-state index contributed by atoms with van der Waals surface area (Å²) in [7, 11) is 0. The highest BCUT2D eigenvalue weighted by Crippen LogP contribution is 2.03. The van der Waals surface area contributed by atoms with Gasteiger partial charge in [-0.25, -0.2) is 9.59 Å². The van der Waals surface area contributed by atoms with Gasteiger partial charge in [-0.3, -0.25) is 10.5 Å². The Kier molecular flexibility index (Phi) is 4.90. The molecule has 0 aliphatic carbocycles. The molecule has 1 rings (SSSR count). The normalized spacial score (nSPS) is 8.43. The van der Waals surface area contributed by atoms with Crippen LogP contribution in [0.1, 0.15) is 20.7 Å². The molecule has 0 amide bonds. The SMILES string of the molecule is O=C(O)c1ccc(C(=O)O)cc1.OO. The Morgan fingerprint density at radius 3 is 1.14 bits per heavy atom. The molecule has 0 aliphatic heterocycles. The van der Waals surface area contributed by atoms with Crippen molar-refractivity contribution in [2.75, 3.05) is 0 Å². The van der Waals surface area contributed by atoms with Gasteiger partial charge in [0, 0.05) is 0 Å². The Labute approximate surface area is 78.6 Å². The largest absolute Gasteiger partial charge is 0.478 e. The second kappa shape index (κ2) is 5.68. The van der Waals surface area contributed by atoms with E-state index in [0.29, 0.717) is 0 Å². The molecule has 0 spiro atoms. The molecule has 0 aliphatic rings. The van der Waals surface area contributed by atoms with Gasteiger partial charge in [0.25, 0.3) is 0 Å². The maximum Gasteiger partial charge on any atom is 0.335 e. The van der Waals surface area contributed by atoms with Gasteiger partial charge in [0.05, 0.1) is 11.1 Å². The molecule has 0 saturated heterocycles. The van der Waals surface area contributed by atoms with Gasteiger partial charge in [-0.2, -0.15) is 0 Å². The van der Waals surface area contributed by atoms with Crippen molar-refractivity contribution < 1.29 is 30.3 Å². The van der Waals surface area contributed by atoms with Gasteiger partial charge in [0.15, 0.2) is 0 Å². The predicted molar refractivity (Wildman–Crippen MR) is 45.6 cm³/mol. The summed E-state index contributed by atoms with van der Waals surface area (Å²) in [4.78, 5) is 20.7. The van der Waals surface area contributed by atoms with Gasteiger partial charge in [0.2, 0.25) is 0 Å². The Morgan fingerprint density at radius 2 is 1.00 bits per heavy atom. The van der Waals surface area contributed by atoms with E-state index in [0.717, 1.165) is 0 Å². The molecule has 6 nitrogen and oxygen atoms in total. The number of benzene rings is 1. The fraction of sp³-hybridized carbons (Fsp3) is 0. The first-order chi connectivity index (χ1) is 6.61. The average molecular weight is 200 g/mol. The number of hydrogen-bond donors (Lipinski definition) is 4. The minimum atomic E-state index is -1.06. The number of carboxylic acid groups (broad SMARTS) is 2. The van der Waals surface area contributed by atoms with Crippen molar-refractivity contribution in [3.63, 3.8) is 0 Å². The van der Waals surface area contributed by atoms with Crippen molar-refractivity contribution in [2.45, 2.75) is 0 Å². The van der Waals surface area contributed by atoms with E-state index in [1.54, 1.807) is 0 Å². The predicted octanol–water partition coefficient (Wildman–Crippen LogP) is 1.10. The third kappa shape index (κ3) is 3.21. The van der Waals surface area contributed by atoms with Gasteiger partial charge < -0.3 is 10.2 Å². The van der Waals surface area contributed by atoms with Crippen molar-refractivity contribution in [1.29, 1.82) is 0 Å². The average Bonchev–Trinajstić information content (AvgIpc) is 2.21. The monoisotopic (exact) mass is 200 g/mol. The second-order valence-electron chi connectivity index (χ2n) is 2.19. The maximum absolute atomic E-state index is 10.3. The van der Waals surface area contributed by atoms with Gasteiger partial charge in [-0.15, -0.1) is 0 Å². The van der Waals surface area contributed by atoms with Crippen molar-refractivity contribution in [3.05, 3.63) is 35.4 Å². The second-order valence-corrected chi connectivity index (χ2v) is 2.19. The van der Waals surface area contributed by atoms with E-state index in [1.807, 2.05) is 0 Å². The van der Waals surface area contributed by atoms with E-state index in [1.165, 1.54) is 24.3 Å². The van der Waals surface area contributed by atoms with E-state index < -0.39 is 11.9 Å². The quantitative estimate of drug-likeness (QED) is 0.419. The molecule has 1 aromatic carbocycles. The van der Waals surface area contributed by atoms with Crippen LogP contribution >= 0.6 is 0 Å². The lowest BCUT2D eigenvalue weighted by atomic mass is 10.1. The van der Waals surface area contributed by atoms with Crippen LogP contribution in [0.15, 0.2) is 24.3 Å². The summed E-state index contributed by atoms with van der Waals surface area (Å²) in [5, 5.41) is 28.9. The third-order valence-electron chi connectivity index (χ3n) is 1.38. The van der Waals surface area contributed by atoms with Crippen molar-refractivity contribution >= 4 is 11.9 Å². The molecule has 0 fully saturated rings. The number of carbonyl (C=O) groups is 2. The van der Waals surface area contributed by atoms with E-state index in [9.17, 15) is 9.59 Å². The van der Waals surface area contributed by atoms with E-state index in [-0.39, 0.29) is 11.1 Å². The van der Waals surface area contributed by atoms with Crippen LogP contribution in [0.2, 0.25) is 0 Å². The minimum Gasteiger partial charge on any atom is -0.478 e. The van der Waals surface area contributed by atoms with Crippen molar-refractivity contribution in [2.24, 2.45) is 0 Å². The molecular weight excluding hydrogens is 192 g/mol. The molecule has 0 radical (unpaired) electrons. The van der Waals surface area contributed by atoms with Crippen molar-refractivity contribution in [3.8, 4) is 0 Å². The number of rotatable bonds is 2. The molecule has 6 heteroatoms. The molecule has 1 aromatic rings. The molecule has 14 heavy (non-hydrogen) atoms. The molecular formula is C8H8O6. The van der Waals surface area contributed by atoms with Crippen LogP contribution in [-0.2, 0) is 0 Å². The molecule has 0 atom stereocenters. The summed E-state index contributed by atoms with van der Waals surface area (Å²) in [6.45, 7) is 0. The first kappa shape index (κ1) is 12.1. The zero-order chi connectivity index (χ0) is 11.1. The zero-order valence-electron chi connectivity index (χ0n) is 6.91. The Bertz CT molecular complexity index is 282. The highest BCUT2D eigenvalue weighted by molar-refractivity contribution is 5.91. The number of carboxylic acids is 2. The summed E-state index contributed by atoms with van der Waals surface area (Å²) in [6, 6.07) is 5.02. The van der Waals surface area contributed by atoms with Crippen LogP contribution in [0.5, 0.6) is 0 Å². The van der Waals surface area contributed by atoms with E-state index in [2.05, 4.69) is 0 Å². The first-order valence-electron chi connectivity index (χ1n) is 3.38. The van der Waals surface area contributed by atoms with Gasteiger partial charge in [-0.1, -0.05) is 0 Å². The van der Waals surface area contributed by atoms with E-state index in [4.69, 9.17) is 20.7 Å². The smallest absolute Gasteiger partial charge is 0.335 e. The summed E-state index contributed by atoms with van der Waals surface area (Å²) in [5.74, 6) is -2.13. The molecule has 0 heterocycles. The summed E-state index contributed by atoms with van der Waals surface area (Å²) >= 11 is 0. The van der Waals surface area contributed by atoms with Crippen LogP contribution < -0.4 is 0 Å². The standard InChI is InChI=1S/C8H6O4.H2O2/c9-7(10)5-1-2-6(4-3-5)8(11)12;1-2/h1-4H,(H,9,10)(H,11,12);1-2H. The third-order valence-corrected chi connectivity index (χ3v) is 1.38. The summed E-state index contributed by atoms with van der Waals surface area (Å²) in [6.07, 6.45) is 0. The fourth-order valence-corrected chi connectivity index (χ4v) is 0.755. The van der Waals surface area contributed by atoms with Crippen LogP contribution in [0.3, 0.4) is 0 Å². The first-order valence-corrected chi connectivity index (χ1v) is 3.38. The van der Waals surface area contributed by atoms with Crippen LogP contribution in [0.25, 0.3) is 0 Å². The Morgan fingerprint density at radius 1 is 0.786 bits per heavy atom. The topological polar surface area (TPSA) is 115 Å². The van der Waals surface area contributed by atoms with E-state index >= 15 is 0 Å². The molecule has 0 saturated carbocycles. The molecule has 0 bridgehead atoms. The van der Waals surface area contributed by atoms with Crippen molar-refractivity contribution in [1.82, 2.24) is 0 Å². The Hall–Kier alpha value is -1.92. The number of aromatic carboxylic acids is 2. The summed E-state index contributed by atoms with van der Waals surface area (Å²) in [5.41, 5.74) is 0.167. The van der Waals surface area contributed by atoms with Gasteiger partial charge >= 0.3 is 11.9 Å². The Balaban J connectivity index is 0.000000791. The zero-order valence-corrected chi connectivity index (χ0v) is 6.91. The molecule has 4 N–H and O–H groups in total.